The van der Waals surface area contributed by atoms with Crippen LogP contribution in [0.3, 0.4) is 0 Å². The number of aromatic nitrogens is 2. The molecule has 0 spiro atoms. The highest BCUT2D eigenvalue weighted by atomic mass is 19.1. The van der Waals surface area contributed by atoms with Crippen LogP contribution in [0.1, 0.15) is 29.6 Å². The summed E-state index contributed by atoms with van der Waals surface area (Å²) in [6.07, 6.45) is 1.87. The molecule has 2 atom stereocenters. The molecule has 1 fully saturated rings. The van der Waals surface area contributed by atoms with Gasteiger partial charge in [-0.15, -0.1) is 0 Å². The van der Waals surface area contributed by atoms with Crippen LogP contribution in [0.5, 0.6) is 5.75 Å². The van der Waals surface area contributed by atoms with E-state index >= 15 is 0 Å². The Hall–Kier alpha value is -4.20. The average Bonchev–Trinajstić information content (AvgIpc) is 3.51. The van der Waals surface area contributed by atoms with Crippen molar-refractivity contribution >= 4 is 34.4 Å². The second kappa shape index (κ2) is 9.21. The Kier molecular flexibility index (Phi) is 5.94. The second-order valence-electron chi connectivity index (χ2n) is 8.71. The summed E-state index contributed by atoms with van der Waals surface area (Å²) in [5.41, 5.74) is 3.66. The van der Waals surface area contributed by atoms with Gasteiger partial charge < -0.3 is 20.1 Å². The van der Waals surface area contributed by atoms with Crippen LogP contribution in [0.4, 0.5) is 16.0 Å². The van der Waals surface area contributed by atoms with Crippen LogP contribution in [-0.2, 0) is 4.79 Å². The normalized spacial score (nSPS) is 17.4. The average molecular weight is 474 g/mol. The van der Waals surface area contributed by atoms with Crippen LogP contribution < -0.4 is 10.1 Å². The van der Waals surface area contributed by atoms with Crippen molar-refractivity contribution < 1.29 is 23.8 Å². The van der Waals surface area contributed by atoms with Gasteiger partial charge in [-0.1, -0.05) is 36.8 Å². The highest BCUT2D eigenvalue weighted by molar-refractivity contribution is 6.00. The molecule has 0 amide bonds. The first kappa shape index (κ1) is 22.6. The Labute approximate surface area is 201 Å². The Morgan fingerprint density at radius 1 is 1.03 bits per heavy atom. The molecule has 1 saturated carbocycles. The lowest BCUT2D eigenvalue weighted by atomic mass is 9.88. The van der Waals surface area contributed by atoms with Gasteiger partial charge in [-0.2, -0.15) is 0 Å². The van der Waals surface area contributed by atoms with Gasteiger partial charge in [0.15, 0.2) is 5.78 Å². The molecule has 4 aromatic rings. The molecule has 3 N–H and O–H groups in total. The monoisotopic (exact) mass is 473 g/mol. The van der Waals surface area contributed by atoms with E-state index in [1.165, 1.54) is 6.07 Å². The lowest BCUT2D eigenvalue weighted by Gasteiger charge is -2.15. The fourth-order valence-electron chi connectivity index (χ4n) is 4.71. The molecule has 1 aliphatic carbocycles. The number of carboxylic acid groups (broad SMARTS) is 1. The first-order valence-corrected chi connectivity index (χ1v) is 11.4. The number of carbonyl (C=O) groups is 2. The number of carboxylic acids is 1. The molecule has 5 rings (SSSR count). The van der Waals surface area contributed by atoms with Crippen molar-refractivity contribution in [3.05, 3.63) is 72.0 Å². The van der Waals surface area contributed by atoms with Crippen molar-refractivity contribution in [3.8, 4) is 16.9 Å². The fourth-order valence-corrected chi connectivity index (χ4v) is 4.71. The number of hydrogen-bond acceptors (Lipinski definition) is 5. The van der Waals surface area contributed by atoms with Crippen LogP contribution in [-0.4, -0.2) is 33.9 Å². The van der Waals surface area contributed by atoms with Crippen LogP contribution in [0.2, 0.25) is 0 Å². The Bertz CT molecular complexity index is 1410. The first-order chi connectivity index (χ1) is 16.9. The molecule has 7 nitrogen and oxygen atoms in total. The molecule has 1 heterocycles. The minimum Gasteiger partial charge on any atom is -0.497 e. The number of aliphatic carboxylic acids is 1. The van der Waals surface area contributed by atoms with E-state index in [1.807, 2.05) is 12.1 Å². The summed E-state index contributed by atoms with van der Waals surface area (Å²) in [7, 11) is 1.59. The molecule has 0 bridgehead atoms. The van der Waals surface area contributed by atoms with Gasteiger partial charge in [0.25, 0.3) is 0 Å². The molecule has 1 aliphatic rings. The van der Waals surface area contributed by atoms with Crippen LogP contribution in [0, 0.1) is 17.7 Å². The fraction of sp³-hybridized carbons (Fsp3) is 0.222. The van der Waals surface area contributed by atoms with E-state index in [4.69, 9.17) is 4.74 Å². The summed E-state index contributed by atoms with van der Waals surface area (Å²) in [6, 6.07) is 17.1. The number of hydrogen-bond donors (Lipinski definition) is 3. The number of fused-ring (bicyclic) bond motifs is 1. The van der Waals surface area contributed by atoms with E-state index in [0.717, 1.165) is 23.0 Å². The number of Topliss-reactive ketones (excluding diaryl/α,β-unsaturated/α-hetero) is 1. The van der Waals surface area contributed by atoms with Gasteiger partial charge in [-0.3, -0.25) is 9.59 Å². The number of ether oxygens (including phenoxy) is 1. The molecule has 8 heteroatoms. The predicted molar refractivity (Wildman–Crippen MR) is 131 cm³/mol. The number of carbonyl (C=O) groups excluding carboxylic acids is 1. The zero-order valence-corrected chi connectivity index (χ0v) is 19.0. The Morgan fingerprint density at radius 3 is 2.49 bits per heavy atom. The minimum absolute atomic E-state index is 0.143. The maximum absolute atomic E-state index is 14.9. The van der Waals surface area contributed by atoms with Gasteiger partial charge in [-0.25, -0.2) is 9.37 Å². The Morgan fingerprint density at radius 2 is 1.77 bits per heavy atom. The number of methoxy groups -OCH3 is 1. The van der Waals surface area contributed by atoms with Gasteiger partial charge in [0.05, 0.1) is 29.7 Å². The van der Waals surface area contributed by atoms with Gasteiger partial charge in [0, 0.05) is 17.5 Å². The molecule has 2 unspecified atom stereocenters. The third-order valence-electron chi connectivity index (χ3n) is 6.58. The number of nitrogens with zero attached hydrogens (tertiary/aromatic N) is 1. The zero-order valence-electron chi connectivity index (χ0n) is 19.0. The number of imidazole rings is 1. The van der Waals surface area contributed by atoms with Crippen LogP contribution in [0.25, 0.3) is 22.2 Å². The van der Waals surface area contributed by atoms with Crippen molar-refractivity contribution in [3.63, 3.8) is 0 Å². The lowest BCUT2D eigenvalue weighted by molar-refractivity contribution is -0.142. The highest BCUT2D eigenvalue weighted by Crippen LogP contribution is 2.35. The van der Waals surface area contributed by atoms with Gasteiger partial charge in [0.2, 0.25) is 5.95 Å². The number of ketones is 1. The van der Waals surface area contributed by atoms with E-state index in [2.05, 4.69) is 15.3 Å². The number of anilines is 2. The van der Waals surface area contributed by atoms with E-state index in [-0.39, 0.29) is 11.5 Å². The third kappa shape index (κ3) is 4.47. The van der Waals surface area contributed by atoms with Gasteiger partial charge in [0.1, 0.15) is 11.6 Å². The summed E-state index contributed by atoms with van der Waals surface area (Å²) in [6.45, 7) is 0. The quantitative estimate of drug-likeness (QED) is 0.293. The number of H-pyrrole nitrogens is 1. The highest BCUT2D eigenvalue weighted by Gasteiger charge is 2.37. The van der Waals surface area contributed by atoms with Crippen LogP contribution >= 0.6 is 0 Å². The number of benzene rings is 3. The van der Waals surface area contributed by atoms with Gasteiger partial charge >= 0.3 is 5.97 Å². The van der Waals surface area contributed by atoms with Crippen molar-refractivity contribution in [2.75, 3.05) is 12.4 Å². The number of halogens is 1. The van der Waals surface area contributed by atoms with Crippen molar-refractivity contribution in [2.45, 2.75) is 19.3 Å². The van der Waals surface area contributed by atoms with Gasteiger partial charge in [-0.05, 0) is 48.2 Å². The Balaban J connectivity index is 1.32. The molecule has 35 heavy (non-hydrogen) atoms. The molecule has 3 aromatic carbocycles. The SMILES string of the molecule is COc1ccc2nc(Nc3ccc(-c4ccc(C(=O)C5CCCC5C(=O)O)cc4)cc3F)[nH]c2c1. The smallest absolute Gasteiger partial charge is 0.307 e. The molecule has 178 valence electrons. The van der Waals surface area contributed by atoms with E-state index in [0.29, 0.717) is 35.7 Å². The predicted octanol–water partition coefficient (Wildman–Crippen LogP) is 5.80. The number of nitrogens with one attached hydrogen (secondary N) is 2. The maximum Gasteiger partial charge on any atom is 0.307 e. The number of rotatable bonds is 7. The summed E-state index contributed by atoms with van der Waals surface area (Å²) in [4.78, 5) is 31.8. The van der Waals surface area contributed by atoms with E-state index < -0.39 is 23.6 Å². The van der Waals surface area contributed by atoms with Crippen molar-refractivity contribution in [1.29, 1.82) is 0 Å². The summed E-state index contributed by atoms with van der Waals surface area (Å²) in [5.74, 6) is -1.50. The standard InChI is InChI=1S/C27H24FN3O4/c1-35-18-10-12-23-24(14-18)31-27(30-23)29-22-11-9-17(13-21(22)28)15-5-7-16(8-6-15)25(32)19-3-2-4-20(19)26(33)34/h5-14,19-20H,2-4H2,1H3,(H,33,34)(H2,29,30,31). The zero-order chi connectivity index (χ0) is 24.5. The molecule has 0 aliphatic heterocycles. The minimum atomic E-state index is -0.913. The molecular weight excluding hydrogens is 449 g/mol. The molecule has 0 saturated heterocycles. The van der Waals surface area contributed by atoms with Crippen LogP contribution in [0.15, 0.2) is 60.7 Å². The third-order valence-corrected chi connectivity index (χ3v) is 6.58. The summed E-state index contributed by atoms with van der Waals surface area (Å²) >= 11 is 0. The second-order valence-corrected chi connectivity index (χ2v) is 8.71. The molecule has 1 aromatic heterocycles. The van der Waals surface area contributed by atoms with Crippen molar-refractivity contribution in [1.82, 2.24) is 9.97 Å². The topological polar surface area (TPSA) is 104 Å². The van der Waals surface area contributed by atoms with E-state index in [1.54, 1.807) is 49.6 Å². The summed E-state index contributed by atoms with van der Waals surface area (Å²) in [5, 5.41) is 12.3. The summed E-state index contributed by atoms with van der Waals surface area (Å²) < 4.78 is 20.1. The number of aromatic amines is 1. The maximum atomic E-state index is 14.9. The first-order valence-electron chi connectivity index (χ1n) is 11.4. The lowest BCUT2D eigenvalue weighted by Crippen LogP contribution is -2.25. The molecule has 0 radical (unpaired) electrons. The largest absolute Gasteiger partial charge is 0.497 e. The molecular formula is C27H24FN3O4. The van der Waals surface area contributed by atoms with E-state index in [9.17, 15) is 19.1 Å². The van der Waals surface area contributed by atoms with Crippen molar-refractivity contribution in [2.24, 2.45) is 11.8 Å².